The molecule has 2 aliphatic carbocycles. The molecule has 0 amide bonds. The fourth-order valence-electron chi connectivity index (χ4n) is 12.4. The Labute approximate surface area is 411 Å². The van der Waals surface area contributed by atoms with E-state index in [1.807, 2.05) is 11.3 Å². The maximum atomic E-state index is 2.55. The van der Waals surface area contributed by atoms with E-state index in [9.17, 15) is 0 Å². The third-order valence-corrected chi connectivity index (χ3v) is 16.3. The summed E-state index contributed by atoms with van der Waals surface area (Å²) in [6.45, 7) is 0. The molecule has 11 aromatic carbocycles. The van der Waals surface area contributed by atoms with Gasteiger partial charge in [0.2, 0.25) is 0 Å². The zero-order chi connectivity index (χ0) is 45.9. The fraction of sp³-hybridized carbons (Fsp3) is 0.0149. The molecule has 0 fully saturated rings. The van der Waals surface area contributed by atoms with E-state index in [4.69, 9.17) is 0 Å². The largest absolute Gasteiger partial charge is 0.310 e. The highest BCUT2D eigenvalue weighted by Gasteiger charge is 2.50. The van der Waals surface area contributed by atoms with Crippen LogP contribution in [0.15, 0.2) is 255 Å². The van der Waals surface area contributed by atoms with E-state index in [0.717, 1.165) is 34.1 Å². The van der Waals surface area contributed by atoms with Crippen molar-refractivity contribution in [2.75, 3.05) is 9.80 Å². The third kappa shape index (κ3) is 5.49. The molecule has 1 spiro atoms. The van der Waals surface area contributed by atoms with Crippen LogP contribution in [0.5, 0.6) is 0 Å². The van der Waals surface area contributed by atoms with Crippen molar-refractivity contribution in [3.63, 3.8) is 0 Å². The number of hydrogen-bond donors (Lipinski definition) is 0. The van der Waals surface area contributed by atoms with Crippen LogP contribution in [0, 0.1) is 0 Å². The fourth-order valence-corrected chi connectivity index (χ4v) is 13.5. The molecule has 326 valence electrons. The molecule has 0 N–H and O–H groups in total. The zero-order valence-corrected chi connectivity index (χ0v) is 38.9. The maximum Gasteiger partial charge on any atom is 0.0725 e. The molecule has 3 heteroatoms. The minimum atomic E-state index is -0.603. The number of fused-ring (bicyclic) bond motifs is 20. The average molecular weight is 907 g/mol. The molecule has 70 heavy (non-hydrogen) atoms. The van der Waals surface area contributed by atoms with Crippen LogP contribution in [0.4, 0.5) is 34.1 Å². The van der Waals surface area contributed by atoms with Crippen molar-refractivity contribution in [3.05, 3.63) is 277 Å². The topological polar surface area (TPSA) is 6.48 Å². The second-order valence-electron chi connectivity index (χ2n) is 18.7. The molecule has 2 nitrogen and oxygen atoms in total. The van der Waals surface area contributed by atoms with Gasteiger partial charge in [-0.1, -0.05) is 176 Å². The standard InChI is InChI=1S/C67H42N2S/c1-3-19-43(20-4-1)68(46-36-38-64-57(40-46)50-26-10-8-24-48(50)53-29-13-17-33-63(53)69(64)44-21-5-2-6-22-44)45-35-37-61-55(39-45)49-25-9-7-23-47(49)51-27-11-15-31-59(51)67(61)60-32-16-12-28-52(60)56-42-66-58(41-62(56)67)54-30-14-18-34-65(54)70-66/h1-42H/t67-/m1/s1. The summed E-state index contributed by atoms with van der Waals surface area (Å²) in [7, 11) is 0. The first-order valence-corrected chi connectivity index (χ1v) is 25.0. The van der Waals surface area contributed by atoms with E-state index in [1.54, 1.807) is 0 Å². The highest BCUT2D eigenvalue weighted by Crippen LogP contribution is 2.63. The summed E-state index contributed by atoms with van der Waals surface area (Å²) in [5.41, 5.74) is 23.8. The van der Waals surface area contributed by atoms with Gasteiger partial charge in [-0.3, -0.25) is 0 Å². The Kier molecular flexibility index (Phi) is 8.48. The Bertz CT molecular complexity index is 4090. The molecule has 0 bridgehead atoms. The van der Waals surface area contributed by atoms with Crippen molar-refractivity contribution in [2.45, 2.75) is 5.41 Å². The van der Waals surface area contributed by atoms with E-state index in [2.05, 4.69) is 265 Å². The van der Waals surface area contributed by atoms with Gasteiger partial charge < -0.3 is 9.80 Å². The van der Waals surface area contributed by atoms with Gasteiger partial charge in [0.1, 0.15) is 0 Å². The number of anilines is 6. The summed E-state index contributed by atoms with van der Waals surface area (Å²) in [5, 5.41) is 2.63. The Morgan fingerprint density at radius 2 is 0.771 bits per heavy atom. The lowest BCUT2D eigenvalue weighted by molar-refractivity contribution is 0.776. The summed E-state index contributed by atoms with van der Waals surface area (Å²) in [5.74, 6) is 0. The third-order valence-electron chi connectivity index (χ3n) is 15.2. The molecule has 12 aromatic rings. The van der Waals surface area contributed by atoms with Gasteiger partial charge in [-0.15, -0.1) is 11.3 Å². The molecule has 15 rings (SSSR count). The number of nitrogens with zero attached hydrogens (tertiary/aromatic N) is 2. The minimum absolute atomic E-state index is 0.603. The average Bonchev–Trinajstić information content (AvgIpc) is 3.86. The van der Waals surface area contributed by atoms with Crippen LogP contribution in [0.3, 0.4) is 0 Å². The molecular formula is C67H42N2S. The van der Waals surface area contributed by atoms with Crippen LogP contribution in [-0.2, 0) is 5.41 Å². The van der Waals surface area contributed by atoms with Gasteiger partial charge in [0.25, 0.3) is 0 Å². The van der Waals surface area contributed by atoms with Crippen molar-refractivity contribution < 1.29 is 0 Å². The van der Waals surface area contributed by atoms with Crippen molar-refractivity contribution in [1.82, 2.24) is 0 Å². The van der Waals surface area contributed by atoms with Gasteiger partial charge in [0.05, 0.1) is 16.8 Å². The summed E-state index contributed by atoms with van der Waals surface area (Å²) < 4.78 is 2.65. The summed E-state index contributed by atoms with van der Waals surface area (Å²) >= 11 is 1.90. The minimum Gasteiger partial charge on any atom is -0.310 e. The molecule has 0 saturated heterocycles. The van der Waals surface area contributed by atoms with Gasteiger partial charge >= 0.3 is 0 Å². The zero-order valence-electron chi connectivity index (χ0n) is 38.1. The van der Waals surface area contributed by atoms with E-state index in [1.165, 1.54) is 98.1 Å². The number of hydrogen-bond acceptors (Lipinski definition) is 3. The van der Waals surface area contributed by atoms with Crippen LogP contribution in [0.2, 0.25) is 0 Å². The smallest absolute Gasteiger partial charge is 0.0725 e. The molecule has 0 radical (unpaired) electrons. The molecule has 0 unspecified atom stereocenters. The predicted molar refractivity (Wildman–Crippen MR) is 295 cm³/mol. The monoisotopic (exact) mass is 906 g/mol. The first-order valence-electron chi connectivity index (χ1n) is 24.2. The number of rotatable bonds is 4. The highest BCUT2D eigenvalue weighted by atomic mass is 32.1. The Hall–Kier alpha value is -8.76. The van der Waals surface area contributed by atoms with Crippen molar-refractivity contribution in [3.8, 4) is 55.6 Å². The van der Waals surface area contributed by atoms with Crippen molar-refractivity contribution in [2.24, 2.45) is 0 Å². The van der Waals surface area contributed by atoms with Gasteiger partial charge in [-0.25, -0.2) is 0 Å². The lowest BCUT2D eigenvalue weighted by Crippen LogP contribution is -2.29. The first kappa shape index (κ1) is 39.3. The SMILES string of the molecule is c1ccc(N(c2ccc3c(c2)-c2ccccc2-c2ccccc2N3c2ccccc2)c2ccc3c(c2)-c2ccccc2-c2ccccc2[C@@]32c3ccccc3-c3cc4sc5ccccc5c4cc32)cc1. The lowest BCUT2D eigenvalue weighted by atomic mass is 9.65. The summed E-state index contributed by atoms with van der Waals surface area (Å²) in [4.78, 5) is 4.89. The second kappa shape index (κ2) is 15.1. The second-order valence-corrected chi connectivity index (χ2v) is 19.8. The molecule has 2 heterocycles. The van der Waals surface area contributed by atoms with E-state index < -0.39 is 5.41 Å². The van der Waals surface area contributed by atoms with E-state index in [0.29, 0.717) is 0 Å². The van der Waals surface area contributed by atoms with Crippen molar-refractivity contribution in [1.29, 1.82) is 0 Å². The Morgan fingerprint density at radius 3 is 1.50 bits per heavy atom. The summed E-state index contributed by atoms with van der Waals surface area (Å²) in [6.07, 6.45) is 0. The van der Waals surface area contributed by atoms with Crippen LogP contribution in [0.25, 0.3) is 75.8 Å². The Morgan fingerprint density at radius 1 is 0.286 bits per heavy atom. The number of thiophene rings is 1. The number of benzene rings is 11. The highest BCUT2D eigenvalue weighted by molar-refractivity contribution is 7.25. The molecule has 1 aliphatic heterocycles. The normalized spacial score (nSPS) is 14.6. The van der Waals surface area contributed by atoms with E-state index in [-0.39, 0.29) is 0 Å². The van der Waals surface area contributed by atoms with Crippen LogP contribution in [-0.4, -0.2) is 0 Å². The molecule has 0 saturated carbocycles. The van der Waals surface area contributed by atoms with Crippen LogP contribution in [0.1, 0.15) is 22.3 Å². The van der Waals surface area contributed by atoms with Crippen LogP contribution >= 0.6 is 11.3 Å². The molecule has 1 atom stereocenters. The molecular weight excluding hydrogens is 865 g/mol. The molecule has 3 aliphatic rings. The van der Waals surface area contributed by atoms with E-state index >= 15 is 0 Å². The van der Waals surface area contributed by atoms with Gasteiger partial charge in [-0.2, -0.15) is 0 Å². The quantitative estimate of drug-likeness (QED) is 0.174. The predicted octanol–water partition coefficient (Wildman–Crippen LogP) is 18.7. The lowest BCUT2D eigenvalue weighted by Gasteiger charge is -2.36. The maximum absolute atomic E-state index is 2.55. The van der Waals surface area contributed by atoms with Gasteiger partial charge in [0.15, 0.2) is 0 Å². The Balaban J connectivity index is 1.01. The summed E-state index contributed by atoms with van der Waals surface area (Å²) in [6, 6.07) is 95.2. The molecule has 1 aromatic heterocycles. The van der Waals surface area contributed by atoms with Crippen LogP contribution < -0.4 is 9.80 Å². The first-order chi connectivity index (χ1) is 34.7. The number of para-hydroxylation sites is 3. The van der Waals surface area contributed by atoms with Gasteiger partial charge in [0, 0.05) is 54.0 Å². The van der Waals surface area contributed by atoms with Crippen molar-refractivity contribution >= 4 is 65.6 Å². The van der Waals surface area contributed by atoms with Gasteiger partial charge in [-0.05, 0) is 146 Å².